The van der Waals surface area contributed by atoms with E-state index in [0.29, 0.717) is 0 Å². The Kier molecular flexibility index (Phi) is 1.18. The number of aliphatic imine (C=N–C) groups is 1. The van der Waals surface area contributed by atoms with Gasteiger partial charge < -0.3 is 4.74 Å². The first-order chi connectivity index (χ1) is 5.38. The van der Waals surface area contributed by atoms with Crippen LogP contribution in [0.25, 0.3) is 0 Å². The lowest BCUT2D eigenvalue weighted by Gasteiger charge is -1.93. The molecule has 2 heterocycles. The van der Waals surface area contributed by atoms with E-state index in [9.17, 15) is 4.79 Å². The van der Waals surface area contributed by atoms with Gasteiger partial charge in [-0.1, -0.05) is 5.21 Å². The normalized spacial score (nSPS) is 15.5. The molecule has 1 aliphatic heterocycles. The third-order valence-corrected chi connectivity index (χ3v) is 1.23. The number of rotatable bonds is 0. The van der Waals surface area contributed by atoms with Gasteiger partial charge in [-0.15, -0.1) is 5.10 Å². The monoisotopic (exact) mass is 152 g/mol. The van der Waals surface area contributed by atoms with Crippen molar-refractivity contribution < 1.29 is 9.53 Å². The maximum atomic E-state index is 11.0. The van der Waals surface area contributed by atoms with Crippen molar-refractivity contribution in [2.45, 2.75) is 0 Å². The van der Waals surface area contributed by atoms with Crippen LogP contribution in [0.3, 0.4) is 0 Å². The van der Waals surface area contributed by atoms with Gasteiger partial charge in [0.15, 0.2) is 0 Å². The molecular formula is C5H4N4O2. The van der Waals surface area contributed by atoms with Gasteiger partial charge in [-0.05, 0) is 0 Å². The molecule has 0 saturated carbocycles. The summed E-state index contributed by atoms with van der Waals surface area (Å²) < 4.78 is 5.01. The summed E-state index contributed by atoms with van der Waals surface area (Å²) in [6, 6.07) is 0. The fraction of sp³-hybridized carbons (Fsp3) is 0.200. The minimum Gasteiger partial charge on any atom is -0.470 e. The maximum Gasteiger partial charge on any atom is 0.302 e. The minimum absolute atomic E-state index is 0.138. The number of nitrogens with one attached hydrogen (secondary N) is 1. The average Bonchev–Trinajstić information content (AvgIpc) is 2.40. The zero-order valence-electron chi connectivity index (χ0n) is 5.44. The Labute approximate surface area is 61.3 Å². The second-order valence-corrected chi connectivity index (χ2v) is 1.92. The molecule has 0 aromatic carbocycles. The lowest BCUT2D eigenvalue weighted by Crippen LogP contribution is -1.97. The number of nitrogens with zero attached hydrogens (tertiary/aromatic N) is 3. The van der Waals surface area contributed by atoms with Crippen LogP contribution in [0, 0.1) is 0 Å². The molecule has 0 bridgehead atoms. The third kappa shape index (κ3) is 0.878. The predicted octanol–water partition coefficient (Wildman–Crippen LogP) is -0.592. The zero-order valence-corrected chi connectivity index (χ0v) is 5.44. The molecule has 6 heteroatoms. The highest BCUT2D eigenvalue weighted by Crippen LogP contribution is 2.13. The Morgan fingerprint density at radius 2 is 2.55 bits per heavy atom. The van der Waals surface area contributed by atoms with Crippen LogP contribution in [0.1, 0.15) is 10.5 Å². The van der Waals surface area contributed by atoms with Gasteiger partial charge in [-0.25, -0.2) is 10.1 Å². The molecule has 0 spiro atoms. The largest absolute Gasteiger partial charge is 0.470 e. The van der Waals surface area contributed by atoms with E-state index >= 15 is 0 Å². The number of fused-ring (bicyclic) bond motifs is 1. The van der Waals surface area contributed by atoms with Crippen LogP contribution in [-0.4, -0.2) is 34.1 Å². The molecule has 0 atom stereocenters. The van der Waals surface area contributed by atoms with E-state index in [1.54, 1.807) is 0 Å². The van der Waals surface area contributed by atoms with Crippen molar-refractivity contribution in [3.8, 4) is 5.88 Å². The van der Waals surface area contributed by atoms with E-state index in [0.717, 1.165) is 0 Å². The molecule has 1 N–H and O–H groups in total. The number of carbonyl (C=O) groups is 1. The maximum absolute atomic E-state index is 11.0. The number of hydrogen-bond acceptors (Lipinski definition) is 4. The van der Waals surface area contributed by atoms with Gasteiger partial charge in [0, 0.05) is 6.21 Å². The smallest absolute Gasteiger partial charge is 0.302 e. The van der Waals surface area contributed by atoms with Crippen LogP contribution in [0.4, 0.5) is 0 Å². The van der Waals surface area contributed by atoms with Crippen LogP contribution in [0.2, 0.25) is 0 Å². The van der Waals surface area contributed by atoms with Gasteiger partial charge in [-0.3, -0.25) is 4.79 Å². The lowest BCUT2D eigenvalue weighted by molar-refractivity contribution is 0.0998. The van der Waals surface area contributed by atoms with Gasteiger partial charge >= 0.3 is 5.91 Å². The highest BCUT2D eigenvalue weighted by Gasteiger charge is 2.17. The number of ether oxygens (including phenoxy) is 1. The molecule has 1 aromatic heterocycles. The van der Waals surface area contributed by atoms with Gasteiger partial charge in [0.2, 0.25) is 11.6 Å². The molecular weight excluding hydrogens is 148 g/mol. The summed E-state index contributed by atoms with van der Waals surface area (Å²) in [5.74, 6) is -0.140. The van der Waals surface area contributed by atoms with Crippen molar-refractivity contribution in [3.63, 3.8) is 0 Å². The molecule has 0 saturated heterocycles. The van der Waals surface area contributed by atoms with Crippen LogP contribution in [0.5, 0.6) is 5.88 Å². The fourth-order valence-corrected chi connectivity index (χ4v) is 0.761. The van der Waals surface area contributed by atoms with Gasteiger partial charge in [0.1, 0.15) is 6.61 Å². The fourth-order valence-electron chi connectivity index (χ4n) is 0.761. The second-order valence-electron chi connectivity index (χ2n) is 1.92. The summed E-state index contributed by atoms with van der Waals surface area (Å²) in [7, 11) is 0. The van der Waals surface area contributed by atoms with Gasteiger partial charge in [0.25, 0.3) is 0 Å². The first kappa shape index (κ1) is 6.02. The van der Waals surface area contributed by atoms with Crippen molar-refractivity contribution in [2.75, 3.05) is 6.61 Å². The molecule has 0 fully saturated rings. The highest BCUT2D eigenvalue weighted by atomic mass is 16.5. The number of hydrogen-bond donors (Lipinski definition) is 1. The van der Waals surface area contributed by atoms with Crippen molar-refractivity contribution >= 4 is 12.1 Å². The molecule has 1 aromatic rings. The summed E-state index contributed by atoms with van der Waals surface area (Å²) >= 11 is 0. The lowest BCUT2D eigenvalue weighted by atomic mass is 10.4. The van der Waals surface area contributed by atoms with E-state index in [1.807, 2.05) is 0 Å². The summed E-state index contributed by atoms with van der Waals surface area (Å²) in [6.07, 6.45) is 1.39. The topological polar surface area (TPSA) is 80.2 Å². The van der Waals surface area contributed by atoms with Crippen molar-refractivity contribution in [1.82, 2.24) is 15.4 Å². The average molecular weight is 152 g/mol. The second kappa shape index (κ2) is 2.15. The zero-order chi connectivity index (χ0) is 7.68. The molecule has 1 amide bonds. The Morgan fingerprint density at radius 1 is 1.64 bits per heavy atom. The summed E-state index contributed by atoms with van der Waals surface area (Å²) in [5.41, 5.74) is 0.138. The number of aromatic nitrogens is 3. The van der Waals surface area contributed by atoms with Crippen molar-refractivity contribution in [1.29, 1.82) is 0 Å². The Morgan fingerprint density at radius 3 is 3.45 bits per heavy atom. The van der Waals surface area contributed by atoms with Crippen molar-refractivity contribution in [2.24, 2.45) is 4.99 Å². The van der Waals surface area contributed by atoms with Crippen molar-refractivity contribution in [3.05, 3.63) is 5.69 Å². The van der Waals surface area contributed by atoms with E-state index in [2.05, 4.69) is 20.4 Å². The van der Waals surface area contributed by atoms with E-state index in [4.69, 9.17) is 4.74 Å². The van der Waals surface area contributed by atoms with Gasteiger partial charge in [0.05, 0.1) is 0 Å². The molecule has 11 heavy (non-hydrogen) atoms. The number of aromatic amines is 1. The van der Waals surface area contributed by atoms with Gasteiger partial charge in [-0.2, -0.15) is 0 Å². The quantitative estimate of drug-likeness (QED) is 0.538. The third-order valence-electron chi connectivity index (χ3n) is 1.23. The molecule has 2 rings (SSSR count). The number of amides is 1. The van der Waals surface area contributed by atoms with Crippen LogP contribution in [0.15, 0.2) is 4.99 Å². The number of carbonyl (C=O) groups excluding carboxylic acids is 1. The van der Waals surface area contributed by atoms with Crippen LogP contribution >= 0.6 is 0 Å². The predicted molar refractivity (Wildman–Crippen MR) is 34.7 cm³/mol. The highest BCUT2D eigenvalue weighted by molar-refractivity contribution is 5.99. The summed E-state index contributed by atoms with van der Waals surface area (Å²) in [5, 5.41) is 9.35. The summed E-state index contributed by atoms with van der Waals surface area (Å²) in [4.78, 5) is 14.5. The van der Waals surface area contributed by atoms with Crippen LogP contribution in [-0.2, 0) is 0 Å². The Bertz CT molecular complexity index is 316. The standard InChI is InChI=1S/C5H4N4O2/c10-4-3-5(8-9-7-3)11-2-1-6-4/h1H,2H2,(H,7,8,9). The molecule has 0 radical (unpaired) electrons. The minimum atomic E-state index is -0.425. The van der Waals surface area contributed by atoms with E-state index in [1.165, 1.54) is 6.21 Å². The SMILES string of the molecule is O=C1N=CCOc2[nH]nnc21. The molecule has 6 nitrogen and oxygen atoms in total. The van der Waals surface area contributed by atoms with Crippen LogP contribution < -0.4 is 4.74 Å². The Hall–Kier alpha value is -1.72. The number of H-pyrrole nitrogens is 1. The summed E-state index contributed by atoms with van der Waals surface area (Å²) in [6.45, 7) is 0.266. The molecule has 0 aliphatic carbocycles. The molecule has 1 aliphatic rings. The molecule has 56 valence electrons. The Balaban J connectivity index is 2.51. The first-order valence-corrected chi connectivity index (χ1v) is 2.98. The van der Waals surface area contributed by atoms with E-state index < -0.39 is 5.91 Å². The molecule has 0 unspecified atom stereocenters. The van der Waals surface area contributed by atoms with E-state index in [-0.39, 0.29) is 18.2 Å². The first-order valence-electron chi connectivity index (χ1n) is 2.98.